The van der Waals surface area contributed by atoms with E-state index in [0.717, 1.165) is 17.8 Å². The van der Waals surface area contributed by atoms with Crippen LogP contribution in [0.25, 0.3) is 10.8 Å². The number of para-hydroxylation sites is 1. The van der Waals surface area contributed by atoms with Gasteiger partial charge in [-0.25, -0.2) is 0 Å². The van der Waals surface area contributed by atoms with Crippen molar-refractivity contribution in [2.45, 2.75) is 4.90 Å². The molecule has 0 unspecified atom stereocenters. The van der Waals surface area contributed by atoms with Crippen LogP contribution in [0.5, 0.6) is 11.5 Å². The van der Waals surface area contributed by atoms with Gasteiger partial charge in [-0.1, -0.05) is 24.3 Å². The normalized spacial score (nSPS) is 11.6. The Balaban J connectivity index is 1.86. The van der Waals surface area contributed by atoms with Crippen LogP contribution in [0.15, 0.2) is 87.9 Å². The Morgan fingerprint density at radius 3 is 2.37 bits per heavy atom. The Hall–Kier alpha value is -4.55. The summed E-state index contributed by atoms with van der Waals surface area (Å²) in [6.07, 6.45) is 0. The van der Waals surface area contributed by atoms with Crippen LogP contribution in [-0.4, -0.2) is 30.1 Å². The summed E-state index contributed by atoms with van der Waals surface area (Å²) >= 11 is 0. The lowest BCUT2D eigenvalue weighted by Crippen LogP contribution is -1.99. The van der Waals surface area contributed by atoms with Crippen molar-refractivity contribution in [2.75, 3.05) is 12.4 Å². The second-order valence-corrected chi connectivity index (χ2v) is 8.68. The highest BCUT2D eigenvalue weighted by Gasteiger charge is 2.22. The second kappa shape index (κ2) is 9.37. The van der Waals surface area contributed by atoms with Gasteiger partial charge >= 0.3 is 0 Å². The zero-order chi connectivity index (χ0) is 25.2. The smallest absolute Gasteiger partial charge is 0.296 e. The number of nitro benzene ring substituents is 1. The van der Waals surface area contributed by atoms with Crippen LogP contribution in [0.3, 0.4) is 0 Å². The maximum Gasteiger partial charge on any atom is 0.296 e. The summed E-state index contributed by atoms with van der Waals surface area (Å²) in [7, 11) is -3.50. The number of phenols is 1. The largest absolute Gasteiger partial charge is 0.505 e. The molecule has 3 N–H and O–H groups in total. The van der Waals surface area contributed by atoms with E-state index in [4.69, 9.17) is 4.74 Å². The molecule has 0 aliphatic heterocycles. The molecule has 11 nitrogen and oxygen atoms in total. The van der Waals surface area contributed by atoms with Gasteiger partial charge in [0.05, 0.1) is 12.0 Å². The topological polar surface area (TPSA) is 164 Å². The van der Waals surface area contributed by atoms with Crippen molar-refractivity contribution in [2.24, 2.45) is 10.2 Å². The molecule has 4 aromatic carbocycles. The zero-order valence-electron chi connectivity index (χ0n) is 18.1. The predicted molar refractivity (Wildman–Crippen MR) is 129 cm³/mol. The molecule has 0 atom stereocenters. The lowest BCUT2D eigenvalue weighted by atomic mass is 10.1. The number of nitrogens with zero attached hydrogens (tertiary/aromatic N) is 3. The number of nitrogens with one attached hydrogen (secondary N) is 1. The number of methoxy groups -OCH3 is 1. The fraction of sp³-hybridized carbons (Fsp3) is 0.0435. The number of phenolic OH excluding ortho intramolecular Hbond substituents is 1. The molecule has 0 spiro atoms. The molecule has 0 radical (unpaired) electrons. The van der Waals surface area contributed by atoms with Crippen molar-refractivity contribution < 1.29 is 27.7 Å². The van der Waals surface area contributed by atoms with Gasteiger partial charge in [0.25, 0.3) is 15.8 Å². The number of nitro groups is 1. The summed E-state index contributed by atoms with van der Waals surface area (Å²) < 4.78 is 39.0. The van der Waals surface area contributed by atoms with Crippen molar-refractivity contribution in [1.29, 1.82) is 0 Å². The lowest BCUT2D eigenvalue weighted by Gasteiger charge is -2.12. The number of non-ortho nitro benzene ring substituents is 1. The molecule has 0 bridgehead atoms. The molecule has 0 fully saturated rings. The Morgan fingerprint density at radius 1 is 0.971 bits per heavy atom. The van der Waals surface area contributed by atoms with Crippen molar-refractivity contribution >= 4 is 49.3 Å². The number of hydrogen-bond donors (Lipinski definition) is 3. The van der Waals surface area contributed by atoms with E-state index in [-0.39, 0.29) is 22.5 Å². The molecule has 35 heavy (non-hydrogen) atoms. The first-order chi connectivity index (χ1) is 16.7. The molecule has 0 aromatic heterocycles. The highest BCUT2D eigenvalue weighted by atomic mass is 32.2. The Bertz CT molecular complexity index is 1570. The fourth-order valence-electron chi connectivity index (χ4n) is 3.37. The van der Waals surface area contributed by atoms with Crippen LogP contribution in [-0.2, 0) is 10.1 Å². The molecule has 0 aliphatic rings. The van der Waals surface area contributed by atoms with E-state index in [2.05, 4.69) is 15.5 Å². The number of ether oxygens (including phenoxy) is 1. The summed E-state index contributed by atoms with van der Waals surface area (Å²) in [5.74, 6) is -0.428. The van der Waals surface area contributed by atoms with E-state index in [0.29, 0.717) is 11.1 Å². The zero-order valence-corrected chi connectivity index (χ0v) is 18.9. The molecule has 4 rings (SSSR count). The molecule has 0 heterocycles. The second-order valence-electron chi connectivity index (χ2n) is 7.29. The minimum atomic E-state index is -4.82. The maximum atomic E-state index is 12.1. The summed E-state index contributed by atoms with van der Waals surface area (Å²) in [6, 6.07) is 18.8. The molecule has 12 heteroatoms. The molecule has 4 aromatic rings. The van der Waals surface area contributed by atoms with Crippen LogP contribution < -0.4 is 10.1 Å². The van der Waals surface area contributed by atoms with Crippen molar-refractivity contribution in [3.8, 4) is 11.5 Å². The van der Waals surface area contributed by atoms with Gasteiger partial charge in [0.15, 0.2) is 5.75 Å². The van der Waals surface area contributed by atoms with Crippen LogP contribution in [0.1, 0.15) is 0 Å². The van der Waals surface area contributed by atoms with Gasteiger partial charge in [0.1, 0.15) is 22.0 Å². The first kappa shape index (κ1) is 23.6. The van der Waals surface area contributed by atoms with E-state index in [1.165, 1.54) is 19.2 Å². The number of azo groups is 1. The molecule has 0 saturated carbocycles. The highest BCUT2D eigenvalue weighted by Crippen LogP contribution is 2.43. The third-order valence-corrected chi connectivity index (χ3v) is 5.89. The monoisotopic (exact) mass is 494 g/mol. The number of aromatic hydroxyl groups is 1. The van der Waals surface area contributed by atoms with Crippen LogP contribution in [0, 0.1) is 10.1 Å². The van der Waals surface area contributed by atoms with Gasteiger partial charge in [-0.15, -0.1) is 10.2 Å². The number of anilines is 2. The number of benzene rings is 4. The first-order valence-corrected chi connectivity index (χ1v) is 11.4. The van der Waals surface area contributed by atoms with Gasteiger partial charge in [-0.3, -0.25) is 14.7 Å². The third-order valence-electron chi connectivity index (χ3n) is 5.02. The number of rotatable bonds is 7. The number of fused-ring (bicyclic) bond motifs is 1. The quantitative estimate of drug-likeness (QED) is 0.124. The van der Waals surface area contributed by atoms with E-state index in [1.807, 2.05) is 30.3 Å². The average Bonchev–Trinajstić information content (AvgIpc) is 2.83. The van der Waals surface area contributed by atoms with Crippen LogP contribution >= 0.6 is 0 Å². The van der Waals surface area contributed by atoms with E-state index < -0.39 is 31.4 Å². The Labute approximate surface area is 199 Å². The van der Waals surface area contributed by atoms with E-state index >= 15 is 0 Å². The minimum Gasteiger partial charge on any atom is -0.505 e. The lowest BCUT2D eigenvalue weighted by molar-refractivity contribution is -0.384. The molecule has 0 amide bonds. The highest BCUT2D eigenvalue weighted by molar-refractivity contribution is 7.86. The van der Waals surface area contributed by atoms with Gasteiger partial charge in [0, 0.05) is 28.9 Å². The molecular formula is C23H18N4O7S. The summed E-state index contributed by atoms with van der Waals surface area (Å²) in [4.78, 5) is 9.79. The SMILES string of the molecule is COc1ccc([N+](=O)[O-])cc1N=Nc1c(S(=O)(=O)O)cc2ccc(Nc3ccccc3)cc2c1O. The maximum absolute atomic E-state index is 12.1. The van der Waals surface area contributed by atoms with Gasteiger partial charge < -0.3 is 15.2 Å². The van der Waals surface area contributed by atoms with Crippen molar-refractivity contribution in [3.63, 3.8) is 0 Å². The van der Waals surface area contributed by atoms with Crippen LogP contribution in [0.4, 0.5) is 28.4 Å². The molecule has 0 aliphatic carbocycles. The van der Waals surface area contributed by atoms with Crippen LogP contribution in [0.2, 0.25) is 0 Å². The number of hydrogen-bond acceptors (Lipinski definition) is 9. The first-order valence-electron chi connectivity index (χ1n) is 10.0. The molecule has 0 saturated heterocycles. The minimum absolute atomic E-state index is 0.0815. The predicted octanol–water partition coefficient (Wildman–Crippen LogP) is 5.87. The van der Waals surface area contributed by atoms with E-state index in [9.17, 15) is 28.2 Å². The summed E-state index contributed by atoms with van der Waals surface area (Å²) in [5, 5.41) is 33.5. The Morgan fingerprint density at radius 2 is 1.71 bits per heavy atom. The summed E-state index contributed by atoms with van der Waals surface area (Å²) in [5.41, 5.74) is 0.474. The average molecular weight is 494 g/mol. The fourth-order valence-corrected chi connectivity index (χ4v) is 4.03. The van der Waals surface area contributed by atoms with Crippen molar-refractivity contribution in [1.82, 2.24) is 0 Å². The standard InChI is InChI=1S/C23H18N4O7S/c1-34-20-10-9-17(27(29)30)13-19(20)25-26-22-21(35(31,32)33)11-14-7-8-16(12-18(14)23(22)28)24-15-5-3-2-4-6-15/h2-13,24,28H,1H3,(H,31,32,33). The third kappa shape index (κ3) is 5.03. The Kier molecular flexibility index (Phi) is 6.32. The summed E-state index contributed by atoms with van der Waals surface area (Å²) in [6.45, 7) is 0. The van der Waals surface area contributed by atoms with Crippen molar-refractivity contribution in [3.05, 3.63) is 82.9 Å². The van der Waals surface area contributed by atoms with Gasteiger partial charge in [-0.2, -0.15) is 8.42 Å². The van der Waals surface area contributed by atoms with Gasteiger partial charge in [0.2, 0.25) is 0 Å². The molecular weight excluding hydrogens is 476 g/mol. The molecule has 178 valence electrons. The van der Waals surface area contributed by atoms with E-state index in [1.54, 1.807) is 18.2 Å². The van der Waals surface area contributed by atoms with Gasteiger partial charge in [-0.05, 0) is 41.8 Å².